The Balaban J connectivity index is 3.16. The second-order valence-electron chi connectivity index (χ2n) is 2.58. The third kappa shape index (κ3) is 2.36. The molecule has 0 heterocycles. The van der Waals surface area contributed by atoms with Crippen LogP contribution < -0.4 is 0 Å². The molecular weight excluding hydrogens is 232 g/mol. The van der Waals surface area contributed by atoms with Crippen molar-refractivity contribution in [1.29, 1.82) is 0 Å². The van der Waals surface area contributed by atoms with Gasteiger partial charge in [-0.25, -0.2) is 0 Å². The van der Waals surface area contributed by atoms with Gasteiger partial charge in [0.25, 0.3) is 10.1 Å². The summed E-state index contributed by atoms with van der Waals surface area (Å²) < 4.78 is 29.6. The van der Waals surface area contributed by atoms with E-state index in [1.807, 2.05) is 0 Å². The molecule has 0 amide bonds. The van der Waals surface area contributed by atoms with Gasteiger partial charge in [-0.3, -0.25) is 4.55 Å². The average Bonchev–Trinajstić information content (AvgIpc) is 2.07. The molecule has 0 aliphatic rings. The van der Waals surface area contributed by atoms with Crippen LogP contribution in [0.4, 0.5) is 0 Å². The lowest BCUT2D eigenvalue weighted by molar-refractivity contribution is 0.238. The summed E-state index contributed by atoms with van der Waals surface area (Å²) in [5.74, 6) is -0.238. The molecule has 3 N–H and O–H groups in total. The van der Waals surface area contributed by atoms with Gasteiger partial charge in [-0.1, -0.05) is 17.7 Å². The lowest BCUT2D eigenvalue weighted by atomic mass is 10.2. The Morgan fingerprint density at radius 2 is 1.93 bits per heavy atom. The number of aliphatic hydroxyl groups is 1. The molecule has 0 fully saturated rings. The van der Waals surface area contributed by atoms with Crippen molar-refractivity contribution in [2.45, 2.75) is 5.44 Å². The molecule has 1 aromatic rings. The zero-order valence-corrected chi connectivity index (χ0v) is 8.33. The van der Waals surface area contributed by atoms with Crippen LogP contribution in [0, 0.1) is 0 Å². The molecule has 0 aromatic heterocycles. The average molecular weight is 239 g/mol. The quantitative estimate of drug-likeness (QED) is 0.666. The molecule has 1 unspecified atom stereocenters. The van der Waals surface area contributed by atoms with E-state index in [-0.39, 0.29) is 16.3 Å². The molecule has 1 rings (SSSR count). The Labute approximate surface area is 85.3 Å². The number of benzene rings is 1. The highest BCUT2D eigenvalue weighted by Crippen LogP contribution is 2.28. The summed E-state index contributed by atoms with van der Waals surface area (Å²) in [6.45, 7) is 0. The first kappa shape index (κ1) is 11.3. The van der Waals surface area contributed by atoms with Crippen molar-refractivity contribution in [2.75, 3.05) is 0 Å². The van der Waals surface area contributed by atoms with E-state index >= 15 is 0 Å². The third-order valence-electron chi connectivity index (χ3n) is 1.54. The fourth-order valence-electron chi connectivity index (χ4n) is 0.849. The molecule has 0 radical (unpaired) electrons. The lowest BCUT2D eigenvalue weighted by Crippen LogP contribution is -2.10. The summed E-state index contributed by atoms with van der Waals surface area (Å²) in [7, 11) is -4.57. The third-order valence-corrected chi connectivity index (χ3v) is 2.68. The highest BCUT2D eigenvalue weighted by molar-refractivity contribution is 7.85. The lowest BCUT2D eigenvalue weighted by Gasteiger charge is -2.07. The SMILES string of the molecule is O=S(=O)(O)C(O)c1ccc(O)c(Cl)c1. The molecule has 0 saturated heterocycles. The normalized spacial score (nSPS) is 13.9. The van der Waals surface area contributed by atoms with Crippen LogP contribution in [0.2, 0.25) is 5.02 Å². The number of halogens is 1. The summed E-state index contributed by atoms with van der Waals surface area (Å²) >= 11 is 5.47. The van der Waals surface area contributed by atoms with Crippen LogP contribution >= 0.6 is 11.6 Å². The van der Waals surface area contributed by atoms with Crippen LogP contribution in [0.15, 0.2) is 18.2 Å². The standard InChI is InChI=1S/C7H7ClO5S/c8-5-3-4(1-2-6(5)9)7(10)14(11,12)13/h1-3,7,9-10H,(H,11,12,13). The number of aromatic hydroxyl groups is 1. The van der Waals surface area contributed by atoms with E-state index < -0.39 is 15.6 Å². The molecule has 0 aliphatic carbocycles. The minimum Gasteiger partial charge on any atom is -0.506 e. The topological polar surface area (TPSA) is 94.8 Å². The Bertz CT molecular complexity index is 441. The molecule has 0 saturated carbocycles. The van der Waals surface area contributed by atoms with E-state index in [4.69, 9.17) is 26.4 Å². The highest BCUT2D eigenvalue weighted by atomic mass is 35.5. The second kappa shape index (κ2) is 3.74. The van der Waals surface area contributed by atoms with Crippen LogP contribution in [0.5, 0.6) is 5.75 Å². The van der Waals surface area contributed by atoms with Gasteiger partial charge >= 0.3 is 0 Å². The minimum atomic E-state index is -4.57. The number of phenolic OH excluding ortho intramolecular Hbond substituents is 1. The van der Waals surface area contributed by atoms with E-state index in [2.05, 4.69) is 0 Å². The zero-order valence-electron chi connectivity index (χ0n) is 6.75. The molecule has 5 nitrogen and oxygen atoms in total. The van der Waals surface area contributed by atoms with Crippen molar-refractivity contribution in [3.63, 3.8) is 0 Å². The van der Waals surface area contributed by atoms with Gasteiger partial charge in [-0.2, -0.15) is 8.42 Å². The van der Waals surface area contributed by atoms with Crippen molar-refractivity contribution >= 4 is 21.7 Å². The summed E-state index contributed by atoms with van der Waals surface area (Å²) in [5.41, 5.74) is -2.17. The molecule has 0 bridgehead atoms. The first-order valence-corrected chi connectivity index (χ1v) is 5.33. The summed E-state index contributed by atoms with van der Waals surface area (Å²) in [6, 6.07) is 3.31. The van der Waals surface area contributed by atoms with Crippen molar-refractivity contribution in [3.05, 3.63) is 28.8 Å². The van der Waals surface area contributed by atoms with E-state index in [0.717, 1.165) is 18.2 Å². The van der Waals surface area contributed by atoms with E-state index in [1.165, 1.54) is 0 Å². The van der Waals surface area contributed by atoms with Gasteiger partial charge < -0.3 is 10.2 Å². The molecular formula is C7H7ClO5S. The number of rotatable bonds is 2. The van der Waals surface area contributed by atoms with Gasteiger partial charge in [0, 0.05) is 0 Å². The van der Waals surface area contributed by atoms with Crippen LogP contribution in [0.3, 0.4) is 0 Å². The van der Waals surface area contributed by atoms with Crippen LogP contribution in [0.1, 0.15) is 11.0 Å². The minimum absolute atomic E-state index is 0.106. The Morgan fingerprint density at radius 3 is 2.36 bits per heavy atom. The van der Waals surface area contributed by atoms with Crippen LogP contribution in [-0.4, -0.2) is 23.2 Å². The molecule has 1 aromatic carbocycles. The van der Waals surface area contributed by atoms with Crippen molar-refractivity contribution < 1.29 is 23.2 Å². The fraction of sp³-hybridized carbons (Fsp3) is 0.143. The predicted octanol–water partition coefficient (Wildman–Crippen LogP) is 0.924. The van der Waals surface area contributed by atoms with E-state index in [9.17, 15) is 8.42 Å². The van der Waals surface area contributed by atoms with Crippen molar-refractivity contribution in [2.24, 2.45) is 0 Å². The summed E-state index contributed by atoms with van der Waals surface area (Å²) in [4.78, 5) is 0. The Morgan fingerprint density at radius 1 is 1.36 bits per heavy atom. The molecule has 7 heteroatoms. The monoisotopic (exact) mass is 238 g/mol. The summed E-state index contributed by atoms with van der Waals surface area (Å²) in [5, 5.41) is 18.0. The largest absolute Gasteiger partial charge is 0.506 e. The van der Waals surface area contributed by atoms with Gasteiger partial charge in [0.05, 0.1) is 5.02 Å². The maximum absolute atomic E-state index is 10.5. The van der Waals surface area contributed by atoms with Gasteiger partial charge in [0.1, 0.15) is 5.75 Å². The molecule has 1 atom stereocenters. The molecule has 14 heavy (non-hydrogen) atoms. The highest BCUT2D eigenvalue weighted by Gasteiger charge is 2.22. The zero-order chi connectivity index (χ0) is 10.9. The molecule has 78 valence electrons. The van der Waals surface area contributed by atoms with Gasteiger partial charge in [0.2, 0.25) is 5.44 Å². The second-order valence-corrected chi connectivity index (χ2v) is 4.46. The number of hydrogen-bond acceptors (Lipinski definition) is 4. The smallest absolute Gasteiger partial charge is 0.296 e. The van der Waals surface area contributed by atoms with Gasteiger partial charge in [-0.15, -0.1) is 0 Å². The summed E-state index contributed by atoms with van der Waals surface area (Å²) in [6.07, 6.45) is 0. The van der Waals surface area contributed by atoms with Crippen LogP contribution in [0.25, 0.3) is 0 Å². The molecule has 0 aliphatic heterocycles. The maximum Gasteiger partial charge on any atom is 0.296 e. The molecule has 0 spiro atoms. The number of aliphatic hydroxyl groups excluding tert-OH is 1. The number of phenols is 1. The Kier molecular flexibility index (Phi) is 3.01. The number of hydrogen-bond donors (Lipinski definition) is 3. The van der Waals surface area contributed by atoms with Crippen molar-refractivity contribution in [1.82, 2.24) is 0 Å². The van der Waals surface area contributed by atoms with Gasteiger partial charge in [0.15, 0.2) is 0 Å². The van der Waals surface area contributed by atoms with Gasteiger partial charge in [-0.05, 0) is 17.7 Å². The predicted molar refractivity (Wildman–Crippen MR) is 49.6 cm³/mol. The van der Waals surface area contributed by atoms with E-state index in [0.29, 0.717) is 0 Å². The van der Waals surface area contributed by atoms with Crippen molar-refractivity contribution in [3.8, 4) is 5.75 Å². The first-order valence-electron chi connectivity index (χ1n) is 3.45. The van der Waals surface area contributed by atoms with Crippen LogP contribution in [-0.2, 0) is 10.1 Å². The Hall–Kier alpha value is -0.820. The fourth-order valence-corrected chi connectivity index (χ4v) is 1.53. The maximum atomic E-state index is 10.5. The van der Waals surface area contributed by atoms with E-state index in [1.54, 1.807) is 0 Å². The first-order chi connectivity index (χ1) is 6.32.